The van der Waals surface area contributed by atoms with Gasteiger partial charge >= 0.3 is 0 Å². The van der Waals surface area contributed by atoms with Gasteiger partial charge in [0.05, 0.1) is 0 Å². The zero-order valence-electron chi connectivity index (χ0n) is 11.5. The van der Waals surface area contributed by atoms with E-state index in [4.69, 9.17) is 0 Å². The van der Waals surface area contributed by atoms with Crippen molar-refractivity contribution in [2.45, 2.75) is 11.8 Å². The number of benzene rings is 2. The number of Topliss-reactive ketones (excluding diaryl/α,β-unsaturated/α-hetero) is 1. The topological polar surface area (TPSA) is 37.3 Å². The molecule has 0 aromatic heterocycles. The molecule has 0 saturated carbocycles. The van der Waals surface area contributed by atoms with E-state index < -0.39 is 0 Å². The highest BCUT2D eigenvalue weighted by Crippen LogP contribution is 2.18. The molecule has 0 amide bonds. The van der Waals surface area contributed by atoms with E-state index in [0.29, 0.717) is 11.1 Å². The molecular weight excluding hydrogens is 268 g/mol. The predicted octanol–water partition coefficient (Wildman–Crippen LogP) is 4.40. The first-order valence-corrected chi connectivity index (χ1v) is 7.48. The molecular formula is C17H16O2S. The van der Waals surface area contributed by atoms with Gasteiger partial charge in [-0.05, 0) is 66.8 Å². The van der Waals surface area contributed by atoms with Crippen LogP contribution in [0.2, 0.25) is 0 Å². The fourth-order valence-corrected chi connectivity index (χ4v) is 2.26. The first-order valence-electron chi connectivity index (χ1n) is 6.26. The van der Waals surface area contributed by atoms with E-state index in [0.717, 1.165) is 5.56 Å². The van der Waals surface area contributed by atoms with Crippen LogP contribution < -0.4 is 0 Å². The average Bonchev–Trinajstić information content (AvgIpc) is 2.48. The van der Waals surface area contributed by atoms with Gasteiger partial charge in [-0.2, -0.15) is 0 Å². The molecule has 20 heavy (non-hydrogen) atoms. The minimum absolute atomic E-state index is 0.0288. The molecule has 0 unspecified atom stereocenters. The second-order valence-corrected chi connectivity index (χ2v) is 5.36. The lowest BCUT2D eigenvalue weighted by Gasteiger charge is -2.03. The molecule has 0 saturated heterocycles. The van der Waals surface area contributed by atoms with Gasteiger partial charge in [-0.1, -0.05) is 12.1 Å². The lowest BCUT2D eigenvalue weighted by Crippen LogP contribution is -1.99. The standard InChI is InChI=1S/C17H16O2S/c1-12(11-13-3-9-16(20-2)10-4-13)17(19)14-5-7-15(18)8-6-14/h3-11,18H,1-2H3. The number of aromatic hydroxyl groups is 1. The largest absolute Gasteiger partial charge is 0.508 e. The van der Waals surface area contributed by atoms with Crippen molar-refractivity contribution in [2.24, 2.45) is 0 Å². The van der Waals surface area contributed by atoms with Gasteiger partial charge in [0.1, 0.15) is 5.75 Å². The number of carbonyl (C=O) groups is 1. The molecule has 2 aromatic carbocycles. The number of thioether (sulfide) groups is 1. The zero-order chi connectivity index (χ0) is 14.5. The monoisotopic (exact) mass is 284 g/mol. The van der Waals surface area contributed by atoms with E-state index in [1.54, 1.807) is 30.8 Å². The Kier molecular flexibility index (Phi) is 4.64. The summed E-state index contributed by atoms with van der Waals surface area (Å²) in [5, 5.41) is 9.23. The van der Waals surface area contributed by atoms with Gasteiger partial charge in [0.25, 0.3) is 0 Å². The van der Waals surface area contributed by atoms with E-state index >= 15 is 0 Å². The van der Waals surface area contributed by atoms with E-state index in [-0.39, 0.29) is 11.5 Å². The summed E-state index contributed by atoms with van der Waals surface area (Å²) < 4.78 is 0. The Balaban J connectivity index is 2.20. The lowest BCUT2D eigenvalue weighted by atomic mass is 10.0. The Hall–Kier alpha value is -2.00. The summed E-state index contributed by atoms with van der Waals surface area (Å²) in [6.45, 7) is 1.80. The number of phenols is 1. The van der Waals surface area contributed by atoms with Gasteiger partial charge < -0.3 is 5.11 Å². The molecule has 0 aliphatic heterocycles. The van der Waals surface area contributed by atoms with Crippen LogP contribution in [0.5, 0.6) is 5.75 Å². The minimum Gasteiger partial charge on any atom is -0.508 e. The second-order valence-electron chi connectivity index (χ2n) is 4.48. The third kappa shape index (κ3) is 3.52. The van der Waals surface area contributed by atoms with Crippen molar-refractivity contribution in [1.29, 1.82) is 0 Å². The van der Waals surface area contributed by atoms with E-state index in [9.17, 15) is 9.90 Å². The molecule has 0 aliphatic carbocycles. The molecule has 1 N–H and O–H groups in total. The fourth-order valence-electron chi connectivity index (χ4n) is 1.86. The van der Waals surface area contributed by atoms with Gasteiger partial charge in [0.2, 0.25) is 0 Å². The normalized spacial score (nSPS) is 11.4. The summed E-state index contributed by atoms with van der Waals surface area (Å²) in [5.74, 6) is 0.134. The van der Waals surface area contributed by atoms with Crippen molar-refractivity contribution in [3.63, 3.8) is 0 Å². The molecule has 0 aliphatic rings. The Morgan fingerprint density at radius 1 is 1.05 bits per heavy atom. The number of hydrogen-bond acceptors (Lipinski definition) is 3. The van der Waals surface area contributed by atoms with Gasteiger partial charge in [0.15, 0.2) is 5.78 Å². The molecule has 0 fully saturated rings. The predicted molar refractivity (Wildman–Crippen MR) is 84.3 cm³/mol. The number of ketones is 1. The quantitative estimate of drug-likeness (QED) is 0.513. The number of phenolic OH excluding ortho intramolecular Hbond substituents is 1. The SMILES string of the molecule is CSc1ccc(C=C(C)C(=O)c2ccc(O)cc2)cc1. The maximum atomic E-state index is 12.2. The van der Waals surface area contributed by atoms with Crippen LogP contribution in [0.4, 0.5) is 0 Å². The summed E-state index contributed by atoms with van der Waals surface area (Å²) in [4.78, 5) is 13.4. The smallest absolute Gasteiger partial charge is 0.188 e. The van der Waals surface area contributed by atoms with Crippen molar-refractivity contribution in [3.05, 3.63) is 65.2 Å². The second kappa shape index (κ2) is 6.44. The molecule has 2 nitrogen and oxygen atoms in total. The van der Waals surface area contributed by atoms with Gasteiger partial charge in [-0.3, -0.25) is 4.79 Å². The number of hydrogen-bond donors (Lipinski definition) is 1. The van der Waals surface area contributed by atoms with Crippen molar-refractivity contribution < 1.29 is 9.90 Å². The van der Waals surface area contributed by atoms with Crippen molar-refractivity contribution in [3.8, 4) is 5.75 Å². The first kappa shape index (κ1) is 14.4. The highest BCUT2D eigenvalue weighted by atomic mass is 32.2. The van der Waals surface area contributed by atoms with Crippen LogP contribution >= 0.6 is 11.8 Å². The third-order valence-electron chi connectivity index (χ3n) is 2.99. The maximum absolute atomic E-state index is 12.2. The van der Waals surface area contributed by atoms with E-state index in [1.807, 2.05) is 36.6 Å². The van der Waals surface area contributed by atoms with Crippen LogP contribution in [0.1, 0.15) is 22.8 Å². The highest BCUT2D eigenvalue weighted by molar-refractivity contribution is 7.98. The Labute approximate surface area is 123 Å². The lowest BCUT2D eigenvalue weighted by molar-refractivity contribution is 0.103. The molecule has 102 valence electrons. The van der Waals surface area contributed by atoms with Crippen molar-refractivity contribution in [1.82, 2.24) is 0 Å². The van der Waals surface area contributed by atoms with Gasteiger partial charge in [-0.15, -0.1) is 11.8 Å². The van der Waals surface area contributed by atoms with Gasteiger partial charge in [0, 0.05) is 10.5 Å². The average molecular weight is 284 g/mol. The molecule has 0 spiro atoms. The third-order valence-corrected chi connectivity index (χ3v) is 3.73. The summed E-state index contributed by atoms with van der Waals surface area (Å²) in [6.07, 6.45) is 3.91. The van der Waals surface area contributed by atoms with Crippen LogP contribution in [0.3, 0.4) is 0 Å². The Morgan fingerprint density at radius 3 is 2.20 bits per heavy atom. The van der Waals surface area contributed by atoms with E-state index in [1.165, 1.54) is 17.0 Å². The molecule has 2 rings (SSSR count). The molecule has 3 heteroatoms. The van der Waals surface area contributed by atoms with Gasteiger partial charge in [-0.25, -0.2) is 0 Å². The van der Waals surface area contributed by atoms with Crippen LogP contribution in [0.25, 0.3) is 6.08 Å². The molecule has 0 radical (unpaired) electrons. The summed E-state index contributed by atoms with van der Waals surface area (Å²) in [7, 11) is 0. The number of rotatable bonds is 4. The minimum atomic E-state index is -0.0288. The first-order chi connectivity index (χ1) is 9.60. The van der Waals surface area contributed by atoms with Crippen LogP contribution in [0, 0.1) is 0 Å². The molecule has 0 atom stereocenters. The summed E-state index contributed by atoms with van der Waals surface area (Å²) in [5.41, 5.74) is 2.26. The summed E-state index contributed by atoms with van der Waals surface area (Å²) >= 11 is 1.69. The van der Waals surface area contributed by atoms with E-state index in [2.05, 4.69) is 0 Å². The van der Waals surface area contributed by atoms with Crippen LogP contribution in [-0.2, 0) is 0 Å². The fraction of sp³-hybridized carbons (Fsp3) is 0.118. The number of carbonyl (C=O) groups excluding carboxylic acids is 1. The highest BCUT2D eigenvalue weighted by Gasteiger charge is 2.07. The zero-order valence-corrected chi connectivity index (χ0v) is 12.3. The van der Waals surface area contributed by atoms with Crippen molar-refractivity contribution in [2.75, 3.05) is 6.26 Å². The number of allylic oxidation sites excluding steroid dienone is 1. The maximum Gasteiger partial charge on any atom is 0.188 e. The van der Waals surface area contributed by atoms with Crippen LogP contribution in [-0.4, -0.2) is 17.1 Å². The van der Waals surface area contributed by atoms with Crippen LogP contribution in [0.15, 0.2) is 59.0 Å². The van der Waals surface area contributed by atoms with Crippen molar-refractivity contribution >= 4 is 23.6 Å². The molecule has 2 aromatic rings. The summed E-state index contributed by atoms with van der Waals surface area (Å²) in [6, 6.07) is 14.4. The molecule has 0 heterocycles. The molecule has 0 bridgehead atoms. The Bertz CT molecular complexity index is 625. The Morgan fingerprint density at radius 2 is 1.65 bits per heavy atom.